The van der Waals surface area contributed by atoms with Gasteiger partial charge in [-0.1, -0.05) is 0 Å². The van der Waals surface area contributed by atoms with Crippen LogP contribution in [0.15, 0.2) is 17.2 Å². The number of ketones is 2. The van der Waals surface area contributed by atoms with E-state index in [2.05, 4.69) is 15.0 Å². The topological polar surface area (TPSA) is 113 Å². The first-order valence-electron chi connectivity index (χ1n) is 5.41. The van der Waals surface area contributed by atoms with Gasteiger partial charge >= 0.3 is 6.18 Å². The molecule has 21 heavy (non-hydrogen) atoms. The van der Waals surface area contributed by atoms with Gasteiger partial charge in [-0.05, 0) is 0 Å². The van der Waals surface area contributed by atoms with E-state index in [1.807, 2.05) is 0 Å². The van der Waals surface area contributed by atoms with Crippen molar-refractivity contribution in [2.24, 2.45) is 0 Å². The minimum absolute atomic E-state index is 0.140. The number of fused-ring (bicyclic) bond motifs is 1. The molecule has 7 nitrogen and oxygen atoms in total. The average molecular weight is 301 g/mol. The van der Waals surface area contributed by atoms with Gasteiger partial charge in [0.05, 0.1) is 6.42 Å². The number of pyridine rings is 1. The summed E-state index contributed by atoms with van der Waals surface area (Å²) in [5.74, 6) is -4.68. The van der Waals surface area contributed by atoms with Crippen molar-refractivity contribution >= 4 is 22.7 Å². The van der Waals surface area contributed by atoms with Crippen LogP contribution in [0, 0.1) is 0 Å². The Morgan fingerprint density at radius 3 is 2.48 bits per heavy atom. The van der Waals surface area contributed by atoms with Crippen LogP contribution in [0.25, 0.3) is 11.2 Å². The quantitative estimate of drug-likeness (QED) is 0.638. The number of hydrogen-bond acceptors (Lipinski definition) is 6. The normalized spacial score (nSPS) is 11.6. The summed E-state index contributed by atoms with van der Waals surface area (Å²) in [6.07, 6.45) is -4.43. The number of aromatic hydroxyl groups is 1. The molecule has 0 aliphatic rings. The summed E-state index contributed by atoms with van der Waals surface area (Å²) in [4.78, 5) is 43.4. The third-order valence-corrected chi connectivity index (χ3v) is 2.53. The Labute approximate surface area is 113 Å². The van der Waals surface area contributed by atoms with E-state index >= 15 is 0 Å². The van der Waals surface area contributed by atoms with Gasteiger partial charge in [0, 0.05) is 12.4 Å². The number of carbonyl (C=O) groups is 2. The number of aromatic amines is 1. The van der Waals surface area contributed by atoms with Gasteiger partial charge in [-0.25, -0.2) is 9.97 Å². The second kappa shape index (κ2) is 4.96. The van der Waals surface area contributed by atoms with Crippen molar-refractivity contribution in [2.75, 3.05) is 0 Å². The fourth-order valence-electron chi connectivity index (χ4n) is 1.59. The van der Waals surface area contributed by atoms with Crippen molar-refractivity contribution in [1.29, 1.82) is 0 Å². The van der Waals surface area contributed by atoms with Crippen LogP contribution in [0.2, 0.25) is 0 Å². The molecule has 2 N–H and O–H groups in total. The number of rotatable bonds is 3. The predicted molar refractivity (Wildman–Crippen MR) is 61.8 cm³/mol. The molecule has 2 aromatic heterocycles. The van der Waals surface area contributed by atoms with Crippen LogP contribution in [0.4, 0.5) is 13.2 Å². The van der Waals surface area contributed by atoms with Crippen molar-refractivity contribution in [1.82, 2.24) is 15.0 Å². The number of aromatic nitrogens is 3. The maximum atomic E-state index is 12.1. The molecule has 2 heterocycles. The molecule has 0 saturated carbocycles. The highest BCUT2D eigenvalue weighted by atomic mass is 19.4. The number of alkyl halides is 3. The Morgan fingerprint density at radius 2 is 1.86 bits per heavy atom. The summed E-state index contributed by atoms with van der Waals surface area (Å²) < 4.78 is 36.3. The lowest BCUT2D eigenvalue weighted by Gasteiger charge is -2.06. The van der Waals surface area contributed by atoms with E-state index < -0.39 is 41.0 Å². The zero-order valence-corrected chi connectivity index (χ0v) is 10.1. The highest BCUT2D eigenvalue weighted by molar-refractivity contribution is 6.11. The van der Waals surface area contributed by atoms with Gasteiger partial charge in [-0.15, -0.1) is 0 Å². The van der Waals surface area contributed by atoms with Crippen LogP contribution in [0.5, 0.6) is 5.75 Å². The monoisotopic (exact) mass is 301 g/mol. The Balaban J connectivity index is 2.50. The molecule has 110 valence electrons. The minimum Gasteiger partial charge on any atom is -0.505 e. The van der Waals surface area contributed by atoms with Gasteiger partial charge in [0.25, 0.3) is 5.56 Å². The number of carbonyl (C=O) groups excluding carboxylic acids is 2. The number of nitrogens with zero attached hydrogens (tertiary/aromatic N) is 2. The molecule has 0 saturated heterocycles. The SMILES string of the molecule is O=C(CC(=O)C(F)(F)F)c1c(O)c2nccnc2[nH]c1=O. The zero-order valence-electron chi connectivity index (χ0n) is 10.1. The van der Waals surface area contributed by atoms with Gasteiger partial charge in [0.15, 0.2) is 17.2 Å². The molecule has 0 bridgehead atoms. The molecule has 0 spiro atoms. The van der Waals surface area contributed by atoms with E-state index in [9.17, 15) is 32.7 Å². The van der Waals surface area contributed by atoms with E-state index in [4.69, 9.17) is 0 Å². The van der Waals surface area contributed by atoms with Crippen molar-refractivity contribution in [3.05, 3.63) is 28.3 Å². The molecule has 2 aromatic rings. The van der Waals surface area contributed by atoms with Crippen LogP contribution in [-0.4, -0.2) is 37.8 Å². The molecule has 0 aromatic carbocycles. The fraction of sp³-hybridized carbons (Fsp3) is 0.182. The maximum Gasteiger partial charge on any atom is 0.450 e. The first-order valence-corrected chi connectivity index (χ1v) is 5.41. The highest BCUT2D eigenvalue weighted by Gasteiger charge is 2.40. The van der Waals surface area contributed by atoms with E-state index in [1.165, 1.54) is 6.20 Å². The third-order valence-electron chi connectivity index (χ3n) is 2.53. The predicted octanol–water partition coefficient (Wildman–Crippen LogP) is 0.728. The summed E-state index contributed by atoms with van der Waals surface area (Å²) in [5.41, 5.74) is -2.51. The summed E-state index contributed by atoms with van der Waals surface area (Å²) in [6, 6.07) is 0. The first-order chi connectivity index (χ1) is 9.71. The van der Waals surface area contributed by atoms with Gasteiger partial charge in [0.2, 0.25) is 5.78 Å². The Morgan fingerprint density at radius 1 is 1.24 bits per heavy atom. The number of nitrogens with one attached hydrogen (secondary N) is 1. The summed E-state index contributed by atoms with van der Waals surface area (Å²) in [5, 5.41) is 9.78. The molecule has 0 radical (unpaired) electrons. The molecule has 0 atom stereocenters. The largest absolute Gasteiger partial charge is 0.505 e. The van der Waals surface area contributed by atoms with E-state index in [0.717, 1.165) is 6.20 Å². The van der Waals surface area contributed by atoms with Crippen molar-refractivity contribution < 1.29 is 27.9 Å². The summed E-state index contributed by atoms with van der Waals surface area (Å²) in [6.45, 7) is 0. The molecule has 2 rings (SSSR count). The van der Waals surface area contributed by atoms with Crippen LogP contribution < -0.4 is 5.56 Å². The lowest BCUT2D eigenvalue weighted by Crippen LogP contribution is -2.28. The van der Waals surface area contributed by atoms with Crippen LogP contribution in [0.3, 0.4) is 0 Å². The molecule has 0 aliphatic heterocycles. The first kappa shape index (κ1) is 14.6. The standard InChI is InChI=1S/C11H6F3N3O4/c12-11(13,14)5(19)3-4(18)6-8(20)7-9(17-10(6)21)16-2-1-15-7/h1-2H,3H2,(H2,16,17,20,21). The fourth-order valence-corrected chi connectivity index (χ4v) is 1.59. The molecule has 0 fully saturated rings. The molecular weight excluding hydrogens is 295 g/mol. The molecule has 0 amide bonds. The van der Waals surface area contributed by atoms with Gasteiger partial charge in [-0.3, -0.25) is 14.4 Å². The van der Waals surface area contributed by atoms with Crippen molar-refractivity contribution in [3.63, 3.8) is 0 Å². The second-order valence-corrected chi connectivity index (χ2v) is 3.95. The maximum absolute atomic E-state index is 12.1. The summed E-state index contributed by atoms with van der Waals surface area (Å²) in [7, 11) is 0. The Kier molecular flexibility index (Phi) is 3.45. The number of hydrogen-bond donors (Lipinski definition) is 2. The summed E-state index contributed by atoms with van der Waals surface area (Å²) >= 11 is 0. The van der Waals surface area contributed by atoms with E-state index in [-0.39, 0.29) is 11.2 Å². The van der Waals surface area contributed by atoms with Crippen LogP contribution in [-0.2, 0) is 4.79 Å². The molecule has 0 unspecified atom stereocenters. The minimum atomic E-state index is -5.20. The highest BCUT2D eigenvalue weighted by Crippen LogP contribution is 2.24. The van der Waals surface area contributed by atoms with E-state index in [0.29, 0.717) is 0 Å². The van der Waals surface area contributed by atoms with Gasteiger partial charge in [0.1, 0.15) is 11.1 Å². The van der Waals surface area contributed by atoms with Crippen molar-refractivity contribution in [3.8, 4) is 5.75 Å². The molecule has 0 aliphatic carbocycles. The lowest BCUT2D eigenvalue weighted by atomic mass is 10.1. The Bertz CT molecular complexity index is 797. The number of halogens is 3. The smallest absolute Gasteiger partial charge is 0.450 e. The lowest BCUT2D eigenvalue weighted by molar-refractivity contribution is -0.170. The second-order valence-electron chi connectivity index (χ2n) is 3.95. The van der Waals surface area contributed by atoms with Gasteiger partial charge < -0.3 is 10.1 Å². The Hall–Kier alpha value is -2.78. The number of Topliss-reactive ketones (excluding diaryl/α,β-unsaturated/α-hetero) is 2. The van der Waals surface area contributed by atoms with E-state index in [1.54, 1.807) is 0 Å². The number of H-pyrrole nitrogens is 1. The van der Waals surface area contributed by atoms with Crippen LogP contribution in [0.1, 0.15) is 16.8 Å². The molecular formula is C11H6F3N3O4. The van der Waals surface area contributed by atoms with Crippen molar-refractivity contribution in [2.45, 2.75) is 12.6 Å². The zero-order chi connectivity index (χ0) is 15.8. The third kappa shape index (κ3) is 2.73. The average Bonchev–Trinajstić information content (AvgIpc) is 2.37. The van der Waals surface area contributed by atoms with Gasteiger partial charge in [-0.2, -0.15) is 13.2 Å². The molecule has 10 heteroatoms. The van der Waals surface area contributed by atoms with Crippen LogP contribution >= 0.6 is 0 Å².